The van der Waals surface area contributed by atoms with Gasteiger partial charge in [-0.05, 0) is 36.9 Å². The van der Waals surface area contributed by atoms with Gasteiger partial charge >= 0.3 is 0 Å². The van der Waals surface area contributed by atoms with Crippen molar-refractivity contribution in [3.8, 4) is 0 Å². The largest absolute Gasteiger partial charge is 0.316 e. The van der Waals surface area contributed by atoms with Crippen molar-refractivity contribution in [2.75, 3.05) is 13.1 Å². The van der Waals surface area contributed by atoms with Crippen LogP contribution >= 0.6 is 0 Å². The molecule has 1 aliphatic rings. The van der Waals surface area contributed by atoms with Gasteiger partial charge in [0.05, 0.1) is 0 Å². The molecule has 1 N–H and O–H groups in total. The van der Waals surface area contributed by atoms with Crippen molar-refractivity contribution in [3.63, 3.8) is 0 Å². The van der Waals surface area contributed by atoms with E-state index in [4.69, 9.17) is 0 Å². The molecule has 1 saturated heterocycles. The number of benzene rings is 1. The molecule has 1 aromatic carbocycles. The molecule has 0 aliphatic carbocycles. The van der Waals surface area contributed by atoms with Crippen LogP contribution in [-0.2, 0) is 0 Å². The average Bonchev–Trinajstić information content (AvgIpc) is 2.23. The lowest BCUT2D eigenvalue weighted by atomic mass is 9.91. The molecule has 0 aromatic heterocycles. The van der Waals surface area contributed by atoms with Gasteiger partial charge in [0.2, 0.25) is 0 Å². The Hall–Kier alpha value is -0.960. The summed E-state index contributed by atoms with van der Waals surface area (Å²) >= 11 is 0. The van der Waals surface area contributed by atoms with E-state index in [1.165, 1.54) is 0 Å². The van der Waals surface area contributed by atoms with Crippen molar-refractivity contribution in [2.45, 2.75) is 18.8 Å². The van der Waals surface area contributed by atoms with Crippen molar-refractivity contribution in [3.05, 3.63) is 35.4 Å². The van der Waals surface area contributed by atoms with Gasteiger partial charge in [0.15, 0.2) is 11.6 Å². The van der Waals surface area contributed by atoms with Gasteiger partial charge in [-0.1, -0.05) is 12.1 Å². The Morgan fingerprint density at radius 1 is 1.29 bits per heavy atom. The first-order chi connectivity index (χ1) is 6.79. The molecule has 14 heavy (non-hydrogen) atoms. The summed E-state index contributed by atoms with van der Waals surface area (Å²) in [5.74, 6) is -1.30. The molecule has 0 spiro atoms. The molecule has 1 heterocycles. The molecule has 0 amide bonds. The van der Waals surface area contributed by atoms with E-state index < -0.39 is 11.6 Å². The first kappa shape index (κ1) is 9.59. The highest BCUT2D eigenvalue weighted by molar-refractivity contribution is 5.23. The summed E-state index contributed by atoms with van der Waals surface area (Å²) in [5.41, 5.74) is 0.511. The third-order valence-electron chi connectivity index (χ3n) is 2.72. The lowest BCUT2D eigenvalue weighted by Gasteiger charge is -2.23. The van der Waals surface area contributed by atoms with Crippen molar-refractivity contribution >= 4 is 0 Å². The Kier molecular flexibility index (Phi) is 2.77. The van der Waals surface area contributed by atoms with E-state index in [1.807, 2.05) is 0 Å². The normalized spacial score (nSPS) is 22.3. The van der Waals surface area contributed by atoms with Crippen LogP contribution in [0.25, 0.3) is 0 Å². The number of hydrogen-bond donors (Lipinski definition) is 1. The zero-order valence-corrected chi connectivity index (χ0v) is 7.89. The number of halogens is 2. The van der Waals surface area contributed by atoms with Gasteiger partial charge in [-0.3, -0.25) is 0 Å². The minimum Gasteiger partial charge on any atom is -0.316 e. The van der Waals surface area contributed by atoms with Gasteiger partial charge in [-0.2, -0.15) is 0 Å². The number of nitrogens with one attached hydrogen (secondary N) is 1. The van der Waals surface area contributed by atoms with Gasteiger partial charge in [0, 0.05) is 6.54 Å². The molecule has 1 unspecified atom stereocenters. The Morgan fingerprint density at radius 3 is 2.86 bits per heavy atom. The van der Waals surface area contributed by atoms with Crippen LogP contribution in [-0.4, -0.2) is 13.1 Å². The van der Waals surface area contributed by atoms with Crippen molar-refractivity contribution in [1.29, 1.82) is 0 Å². The Morgan fingerprint density at radius 2 is 2.14 bits per heavy atom. The molecule has 1 aliphatic heterocycles. The minimum atomic E-state index is -0.743. The smallest absolute Gasteiger partial charge is 0.162 e. The molecular weight excluding hydrogens is 184 g/mol. The fourth-order valence-corrected chi connectivity index (χ4v) is 1.95. The minimum absolute atomic E-state index is 0.124. The van der Waals surface area contributed by atoms with E-state index in [1.54, 1.807) is 12.1 Å². The second-order valence-corrected chi connectivity index (χ2v) is 3.69. The average molecular weight is 197 g/mol. The predicted molar refractivity (Wildman–Crippen MR) is 51.2 cm³/mol. The van der Waals surface area contributed by atoms with Crippen LogP contribution in [0.5, 0.6) is 0 Å². The SMILES string of the molecule is Fc1cccc(C2CCCNC2)c1F. The highest BCUT2D eigenvalue weighted by Gasteiger charge is 2.19. The molecule has 0 saturated carbocycles. The zero-order chi connectivity index (χ0) is 9.97. The van der Waals surface area contributed by atoms with Gasteiger partial charge in [-0.15, -0.1) is 0 Å². The van der Waals surface area contributed by atoms with E-state index in [-0.39, 0.29) is 5.92 Å². The molecule has 1 fully saturated rings. The fraction of sp³-hybridized carbons (Fsp3) is 0.455. The van der Waals surface area contributed by atoms with Crippen LogP contribution in [0.2, 0.25) is 0 Å². The van der Waals surface area contributed by atoms with E-state index in [9.17, 15) is 8.78 Å². The molecule has 1 nitrogen and oxygen atoms in total. The monoisotopic (exact) mass is 197 g/mol. The third kappa shape index (κ3) is 1.77. The first-order valence-electron chi connectivity index (χ1n) is 4.93. The molecule has 1 aromatic rings. The van der Waals surface area contributed by atoms with E-state index in [0.717, 1.165) is 32.0 Å². The Bertz CT molecular complexity index is 319. The molecule has 1 atom stereocenters. The summed E-state index contributed by atoms with van der Waals surface area (Å²) in [7, 11) is 0. The number of rotatable bonds is 1. The van der Waals surface area contributed by atoms with Crippen LogP contribution in [0.3, 0.4) is 0 Å². The summed E-state index contributed by atoms with van der Waals surface area (Å²) in [6.07, 6.45) is 1.97. The second-order valence-electron chi connectivity index (χ2n) is 3.69. The molecular formula is C11H13F2N. The quantitative estimate of drug-likeness (QED) is 0.729. The van der Waals surface area contributed by atoms with Crippen molar-refractivity contribution in [1.82, 2.24) is 5.32 Å². The first-order valence-corrected chi connectivity index (χ1v) is 4.93. The number of piperidine rings is 1. The Labute approximate surface area is 82.1 Å². The maximum Gasteiger partial charge on any atom is 0.162 e. The van der Waals surface area contributed by atoms with Gasteiger partial charge < -0.3 is 5.32 Å². The molecule has 0 bridgehead atoms. The van der Waals surface area contributed by atoms with Crippen molar-refractivity contribution in [2.24, 2.45) is 0 Å². The number of hydrogen-bond acceptors (Lipinski definition) is 1. The summed E-state index contributed by atoms with van der Waals surface area (Å²) < 4.78 is 26.3. The van der Waals surface area contributed by atoms with E-state index in [0.29, 0.717) is 5.56 Å². The maximum absolute atomic E-state index is 13.4. The summed E-state index contributed by atoms with van der Waals surface area (Å²) in [4.78, 5) is 0. The van der Waals surface area contributed by atoms with Gasteiger partial charge in [-0.25, -0.2) is 8.78 Å². The third-order valence-corrected chi connectivity index (χ3v) is 2.72. The van der Waals surface area contributed by atoms with Crippen LogP contribution < -0.4 is 5.32 Å². The molecule has 0 radical (unpaired) electrons. The summed E-state index contributed by atoms with van der Waals surface area (Å²) in [6.45, 7) is 1.73. The van der Waals surface area contributed by atoms with Crippen LogP contribution in [0, 0.1) is 11.6 Å². The van der Waals surface area contributed by atoms with Crippen LogP contribution in [0.4, 0.5) is 8.78 Å². The summed E-state index contributed by atoms with van der Waals surface area (Å²) in [6, 6.07) is 4.41. The lowest BCUT2D eigenvalue weighted by Crippen LogP contribution is -2.28. The Balaban J connectivity index is 2.26. The lowest BCUT2D eigenvalue weighted by molar-refractivity contribution is 0.431. The highest BCUT2D eigenvalue weighted by atomic mass is 19.2. The van der Waals surface area contributed by atoms with Crippen molar-refractivity contribution < 1.29 is 8.78 Å². The fourth-order valence-electron chi connectivity index (χ4n) is 1.95. The second kappa shape index (κ2) is 4.05. The van der Waals surface area contributed by atoms with Gasteiger partial charge in [0.25, 0.3) is 0 Å². The van der Waals surface area contributed by atoms with Gasteiger partial charge in [0.1, 0.15) is 0 Å². The molecule has 3 heteroatoms. The van der Waals surface area contributed by atoms with Crippen LogP contribution in [0.15, 0.2) is 18.2 Å². The molecule has 2 rings (SSSR count). The molecule has 76 valence electrons. The predicted octanol–water partition coefficient (Wildman–Crippen LogP) is 2.43. The van der Waals surface area contributed by atoms with E-state index >= 15 is 0 Å². The maximum atomic E-state index is 13.4. The zero-order valence-electron chi connectivity index (χ0n) is 7.89. The highest BCUT2D eigenvalue weighted by Crippen LogP contribution is 2.26. The van der Waals surface area contributed by atoms with Crippen LogP contribution in [0.1, 0.15) is 24.3 Å². The topological polar surface area (TPSA) is 12.0 Å². The summed E-state index contributed by atoms with van der Waals surface area (Å²) in [5, 5.41) is 3.19. The van der Waals surface area contributed by atoms with E-state index in [2.05, 4.69) is 5.32 Å². The standard InChI is InChI=1S/C11H13F2N/c12-10-5-1-4-9(11(10)13)8-3-2-6-14-7-8/h1,4-5,8,14H,2-3,6-7H2.